The number of methoxy groups -OCH3 is 1. The molecule has 6 heteroatoms. The van der Waals surface area contributed by atoms with Crippen molar-refractivity contribution in [2.45, 2.75) is 17.4 Å². The van der Waals surface area contributed by atoms with Crippen LogP contribution >= 0.6 is 11.8 Å². The highest BCUT2D eigenvalue weighted by Crippen LogP contribution is 2.20. The fourth-order valence-corrected chi connectivity index (χ4v) is 2.63. The van der Waals surface area contributed by atoms with Crippen LogP contribution in [0.3, 0.4) is 0 Å². The standard InChI is InChI=1S/C15H24N2O3S/c1-15(19,11-17(2)3)10-16-14(18)9-21-13-7-5-12(20-4)6-8-13/h5-8,19H,9-11H2,1-4H3,(H,16,18). The molecule has 0 saturated heterocycles. The van der Waals surface area contributed by atoms with Crippen molar-refractivity contribution in [2.24, 2.45) is 0 Å². The van der Waals surface area contributed by atoms with Crippen LogP contribution in [-0.4, -0.2) is 61.6 Å². The quantitative estimate of drug-likeness (QED) is 0.707. The van der Waals surface area contributed by atoms with Crippen molar-refractivity contribution in [3.8, 4) is 5.75 Å². The Morgan fingerprint density at radius 2 is 2.00 bits per heavy atom. The Kier molecular flexibility index (Phi) is 7.01. The zero-order valence-corrected chi connectivity index (χ0v) is 13.9. The van der Waals surface area contributed by atoms with Crippen LogP contribution in [-0.2, 0) is 4.79 Å². The largest absolute Gasteiger partial charge is 0.497 e. The first-order valence-corrected chi connectivity index (χ1v) is 7.71. The Morgan fingerprint density at radius 1 is 1.38 bits per heavy atom. The summed E-state index contributed by atoms with van der Waals surface area (Å²) in [5.41, 5.74) is -0.927. The van der Waals surface area contributed by atoms with Gasteiger partial charge in [0.25, 0.3) is 0 Å². The average Bonchev–Trinajstić information content (AvgIpc) is 2.42. The van der Waals surface area contributed by atoms with Gasteiger partial charge in [-0.25, -0.2) is 0 Å². The maximum Gasteiger partial charge on any atom is 0.230 e. The summed E-state index contributed by atoms with van der Waals surface area (Å²) < 4.78 is 5.08. The minimum atomic E-state index is -0.927. The van der Waals surface area contributed by atoms with Crippen LogP contribution in [0.25, 0.3) is 0 Å². The number of nitrogens with one attached hydrogen (secondary N) is 1. The fourth-order valence-electron chi connectivity index (χ4n) is 1.90. The van der Waals surface area contributed by atoms with Gasteiger partial charge in [-0.15, -0.1) is 11.8 Å². The summed E-state index contributed by atoms with van der Waals surface area (Å²) in [5, 5.41) is 12.9. The van der Waals surface area contributed by atoms with E-state index in [9.17, 15) is 9.90 Å². The molecule has 0 saturated carbocycles. The molecule has 0 radical (unpaired) electrons. The number of benzene rings is 1. The van der Waals surface area contributed by atoms with Gasteiger partial charge < -0.3 is 20.1 Å². The molecule has 21 heavy (non-hydrogen) atoms. The Bertz CT molecular complexity index is 447. The second-order valence-corrected chi connectivity index (χ2v) is 6.52. The highest BCUT2D eigenvalue weighted by Gasteiger charge is 2.21. The molecule has 0 bridgehead atoms. The Labute approximate surface area is 130 Å². The molecule has 1 aromatic rings. The third-order valence-electron chi connectivity index (χ3n) is 2.75. The van der Waals surface area contributed by atoms with Crippen LogP contribution in [0, 0.1) is 0 Å². The van der Waals surface area contributed by atoms with Gasteiger partial charge in [0.1, 0.15) is 5.75 Å². The number of carbonyl (C=O) groups excluding carboxylic acids is 1. The van der Waals surface area contributed by atoms with E-state index in [1.54, 1.807) is 14.0 Å². The van der Waals surface area contributed by atoms with Crippen molar-refractivity contribution in [1.82, 2.24) is 10.2 Å². The third kappa shape index (κ3) is 7.36. The summed E-state index contributed by atoms with van der Waals surface area (Å²) in [4.78, 5) is 14.7. The summed E-state index contributed by atoms with van der Waals surface area (Å²) in [5.74, 6) is 1.03. The molecule has 118 valence electrons. The van der Waals surface area contributed by atoms with E-state index in [1.165, 1.54) is 11.8 Å². The van der Waals surface area contributed by atoms with E-state index in [0.717, 1.165) is 10.6 Å². The second-order valence-electron chi connectivity index (χ2n) is 5.48. The van der Waals surface area contributed by atoms with Crippen LogP contribution in [0.5, 0.6) is 5.75 Å². The first-order valence-electron chi connectivity index (χ1n) is 6.73. The Hall–Kier alpha value is -1.24. The monoisotopic (exact) mass is 312 g/mol. The number of amides is 1. The topological polar surface area (TPSA) is 61.8 Å². The second kappa shape index (κ2) is 8.26. The van der Waals surface area contributed by atoms with Gasteiger partial charge in [0.05, 0.1) is 18.5 Å². The SMILES string of the molecule is COc1ccc(SCC(=O)NCC(C)(O)CN(C)C)cc1. The lowest BCUT2D eigenvalue weighted by Gasteiger charge is -2.27. The van der Waals surface area contributed by atoms with E-state index in [4.69, 9.17) is 4.74 Å². The Morgan fingerprint density at radius 3 is 2.52 bits per heavy atom. The number of hydrogen-bond donors (Lipinski definition) is 2. The first kappa shape index (κ1) is 17.8. The lowest BCUT2D eigenvalue weighted by atomic mass is 10.1. The molecule has 0 aliphatic rings. The predicted molar refractivity (Wildman–Crippen MR) is 85.9 cm³/mol. The van der Waals surface area contributed by atoms with Crippen molar-refractivity contribution in [2.75, 3.05) is 40.0 Å². The Balaban J connectivity index is 2.33. The number of hydrogen-bond acceptors (Lipinski definition) is 5. The van der Waals surface area contributed by atoms with Crippen LogP contribution in [0.1, 0.15) is 6.92 Å². The number of nitrogens with zero attached hydrogens (tertiary/aromatic N) is 1. The number of rotatable bonds is 8. The highest BCUT2D eigenvalue weighted by molar-refractivity contribution is 8.00. The first-order chi connectivity index (χ1) is 9.82. The molecule has 5 nitrogen and oxygen atoms in total. The van der Waals surface area contributed by atoms with Crippen LogP contribution in [0.4, 0.5) is 0 Å². The molecule has 1 rings (SSSR count). The van der Waals surface area contributed by atoms with Gasteiger partial charge in [0.15, 0.2) is 0 Å². The van der Waals surface area contributed by atoms with Gasteiger partial charge in [0.2, 0.25) is 5.91 Å². The lowest BCUT2D eigenvalue weighted by molar-refractivity contribution is -0.119. The van der Waals surface area contributed by atoms with E-state index < -0.39 is 5.60 Å². The summed E-state index contributed by atoms with van der Waals surface area (Å²) >= 11 is 1.45. The smallest absolute Gasteiger partial charge is 0.230 e. The molecule has 1 amide bonds. The molecule has 0 fully saturated rings. The summed E-state index contributed by atoms with van der Waals surface area (Å²) in [6, 6.07) is 7.56. The highest BCUT2D eigenvalue weighted by atomic mass is 32.2. The number of likely N-dealkylation sites (N-methyl/N-ethyl adjacent to an activating group) is 1. The normalized spacial score (nSPS) is 13.8. The number of thioether (sulfide) groups is 1. The molecular weight excluding hydrogens is 288 g/mol. The molecule has 0 aromatic heterocycles. The molecule has 0 aliphatic carbocycles. The summed E-state index contributed by atoms with van der Waals surface area (Å²) in [6.45, 7) is 2.45. The van der Waals surface area contributed by atoms with Crippen LogP contribution in [0.2, 0.25) is 0 Å². The zero-order chi connectivity index (χ0) is 15.9. The van der Waals surface area contributed by atoms with Gasteiger partial charge in [-0.2, -0.15) is 0 Å². The average molecular weight is 312 g/mol. The maximum absolute atomic E-state index is 11.8. The number of aliphatic hydroxyl groups is 1. The predicted octanol–water partition coefficient (Wildman–Crippen LogP) is 1.22. The van der Waals surface area contributed by atoms with Crippen molar-refractivity contribution in [3.63, 3.8) is 0 Å². The van der Waals surface area contributed by atoms with Crippen LogP contribution in [0.15, 0.2) is 29.2 Å². The number of ether oxygens (including phenoxy) is 1. The van der Waals surface area contributed by atoms with Crippen molar-refractivity contribution < 1.29 is 14.6 Å². The molecule has 0 aliphatic heterocycles. The minimum absolute atomic E-state index is 0.0881. The molecule has 1 atom stereocenters. The van der Waals surface area contributed by atoms with Gasteiger partial charge in [-0.05, 0) is 45.3 Å². The molecule has 2 N–H and O–H groups in total. The van der Waals surface area contributed by atoms with Crippen molar-refractivity contribution in [1.29, 1.82) is 0 Å². The van der Waals surface area contributed by atoms with Gasteiger partial charge in [0, 0.05) is 18.0 Å². The summed E-state index contributed by atoms with van der Waals surface area (Å²) in [6.07, 6.45) is 0. The molecule has 1 unspecified atom stereocenters. The fraction of sp³-hybridized carbons (Fsp3) is 0.533. The van der Waals surface area contributed by atoms with E-state index in [2.05, 4.69) is 5.32 Å². The molecule has 0 spiro atoms. The van der Waals surface area contributed by atoms with E-state index in [-0.39, 0.29) is 12.5 Å². The van der Waals surface area contributed by atoms with Gasteiger partial charge in [-0.1, -0.05) is 0 Å². The molecular formula is C15H24N2O3S. The summed E-state index contributed by atoms with van der Waals surface area (Å²) in [7, 11) is 5.39. The van der Waals surface area contributed by atoms with Crippen LogP contribution < -0.4 is 10.1 Å². The third-order valence-corrected chi connectivity index (χ3v) is 3.76. The van der Waals surface area contributed by atoms with Crippen molar-refractivity contribution in [3.05, 3.63) is 24.3 Å². The zero-order valence-electron chi connectivity index (χ0n) is 13.0. The van der Waals surface area contributed by atoms with Gasteiger partial charge in [-0.3, -0.25) is 4.79 Å². The molecule has 0 heterocycles. The van der Waals surface area contributed by atoms with E-state index in [0.29, 0.717) is 12.3 Å². The van der Waals surface area contributed by atoms with Crippen molar-refractivity contribution >= 4 is 17.7 Å². The molecule has 1 aromatic carbocycles. The lowest BCUT2D eigenvalue weighted by Crippen LogP contribution is -2.47. The minimum Gasteiger partial charge on any atom is -0.497 e. The van der Waals surface area contributed by atoms with Gasteiger partial charge >= 0.3 is 0 Å². The van der Waals surface area contributed by atoms with E-state index in [1.807, 2.05) is 43.3 Å². The van der Waals surface area contributed by atoms with E-state index >= 15 is 0 Å². The number of carbonyl (C=O) groups is 1. The maximum atomic E-state index is 11.8.